The molecule has 0 amide bonds. The Morgan fingerprint density at radius 2 is 2.12 bits per heavy atom. The van der Waals surface area contributed by atoms with Crippen LogP contribution in [0.3, 0.4) is 0 Å². The summed E-state index contributed by atoms with van der Waals surface area (Å²) < 4.78 is 12.8. The Labute approximate surface area is 200 Å². The average molecular weight is 477 g/mol. The Kier molecular flexibility index (Phi) is 5.89. The topological polar surface area (TPSA) is 106 Å². The minimum atomic E-state index is -0.627. The van der Waals surface area contributed by atoms with Gasteiger partial charge in [-0.05, 0) is 67.5 Å². The Morgan fingerprint density at radius 1 is 1.29 bits per heavy atom. The third-order valence-electron chi connectivity index (χ3n) is 6.45. The molecular weight excluding hydrogens is 452 g/mol. The van der Waals surface area contributed by atoms with Crippen molar-refractivity contribution in [2.75, 3.05) is 20.8 Å². The average Bonchev–Trinajstić information content (AvgIpc) is 3.61. The predicted molar refractivity (Wildman–Crippen MR) is 133 cm³/mol. The fourth-order valence-electron chi connectivity index (χ4n) is 4.60. The summed E-state index contributed by atoms with van der Waals surface area (Å²) in [5.41, 5.74) is 12.4. The summed E-state index contributed by atoms with van der Waals surface area (Å²) in [5, 5.41) is 4.11. The molecule has 0 saturated heterocycles. The van der Waals surface area contributed by atoms with Crippen LogP contribution >= 0.6 is 11.3 Å². The Morgan fingerprint density at radius 3 is 2.82 bits per heavy atom. The minimum Gasteiger partial charge on any atom is -0.494 e. The molecule has 2 aromatic heterocycles. The van der Waals surface area contributed by atoms with Crippen molar-refractivity contribution >= 4 is 34.3 Å². The number of azide groups is 1. The van der Waals surface area contributed by atoms with Gasteiger partial charge in [0, 0.05) is 39.0 Å². The second-order valence-electron chi connectivity index (χ2n) is 8.55. The summed E-state index contributed by atoms with van der Waals surface area (Å²) in [4.78, 5) is 30.5. The van der Waals surface area contributed by atoms with Crippen molar-refractivity contribution in [1.82, 2.24) is 4.57 Å². The number of thiophene rings is 1. The highest BCUT2D eigenvalue weighted by Gasteiger charge is 2.29. The zero-order valence-electron chi connectivity index (χ0n) is 19.0. The highest BCUT2D eigenvalue weighted by atomic mass is 32.1. The zero-order chi connectivity index (χ0) is 23.8. The number of hydrogen-bond acceptors (Lipinski definition) is 6. The molecule has 1 aromatic carbocycles. The molecule has 1 fully saturated rings. The molecule has 8 nitrogen and oxygen atoms in total. The number of ether oxygens (including phenoxy) is 2. The first-order valence-electron chi connectivity index (χ1n) is 11.2. The number of carbonyl (C=O) groups is 1. The Hall–Kier alpha value is -3.55. The fraction of sp³-hybridized carbons (Fsp3) is 0.360. The summed E-state index contributed by atoms with van der Waals surface area (Å²) in [7, 11) is 2.90. The van der Waals surface area contributed by atoms with Crippen LogP contribution < -0.4 is 10.2 Å². The van der Waals surface area contributed by atoms with E-state index in [1.165, 1.54) is 23.1 Å². The second-order valence-corrected chi connectivity index (χ2v) is 9.64. The molecule has 0 bridgehead atoms. The van der Waals surface area contributed by atoms with Crippen molar-refractivity contribution in [1.29, 1.82) is 0 Å². The van der Waals surface area contributed by atoms with Crippen molar-refractivity contribution in [3.63, 3.8) is 0 Å². The van der Waals surface area contributed by atoms with Crippen LogP contribution in [0.5, 0.6) is 5.75 Å². The number of rotatable bonds is 7. The van der Waals surface area contributed by atoms with Gasteiger partial charge in [-0.1, -0.05) is 10.7 Å². The van der Waals surface area contributed by atoms with Gasteiger partial charge in [0.1, 0.15) is 5.56 Å². The number of fused-ring (bicyclic) bond motifs is 2. The van der Waals surface area contributed by atoms with E-state index in [0.717, 1.165) is 48.1 Å². The van der Waals surface area contributed by atoms with Gasteiger partial charge in [-0.15, -0.1) is 11.3 Å². The molecule has 2 aliphatic rings. The van der Waals surface area contributed by atoms with E-state index in [9.17, 15) is 9.59 Å². The molecule has 0 aliphatic heterocycles. The Bertz CT molecular complexity index is 1440. The van der Waals surface area contributed by atoms with Crippen molar-refractivity contribution < 1.29 is 14.3 Å². The van der Waals surface area contributed by atoms with Crippen LogP contribution in [0.15, 0.2) is 39.9 Å². The number of carbonyl (C=O) groups excluding carboxylic acids is 1. The first kappa shape index (κ1) is 22.3. The lowest BCUT2D eigenvalue weighted by molar-refractivity contribution is 0.0598. The maximum absolute atomic E-state index is 13.1. The van der Waals surface area contributed by atoms with Crippen LogP contribution in [0.4, 0.5) is 0 Å². The predicted octanol–water partition coefficient (Wildman–Crippen LogP) is 5.89. The second kappa shape index (κ2) is 9.00. The van der Waals surface area contributed by atoms with Gasteiger partial charge >= 0.3 is 5.97 Å². The molecule has 34 heavy (non-hydrogen) atoms. The lowest BCUT2D eigenvalue weighted by atomic mass is 9.95. The van der Waals surface area contributed by atoms with E-state index >= 15 is 0 Å². The van der Waals surface area contributed by atoms with Crippen LogP contribution in [0, 0.1) is 0 Å². The van der Waals surface area contributed by atoms with Gasteiger partial charge in [0.25, 0.3) is 0 Å². The number of hydrogen-bond donors (Lipinski definition) is 0. The quantitative estimate of drug-likeness (QED) is 0.183. The maximum atomic E-state index is 13.1. The van der Waals surface area contributed by atoms with Gasteiger partial charge in [0.05, 0.1) is 25.1 Å². The minimum absolute atomic E-state index is 0.0432. The van der Waals surface area contributed by atoms with Gasteiger partial charge < -0.3 is 14.0 Å². The number of aromatic nitrogens is 1. The van der Waals surface area contributed by atoms with E-state index in [0.29, 0.717) is 17.7 Å². The molecule has 0 N–H and O–H groups in total. The largest absolute Gasteiger partial charge is 0.494 e. The summed E-state index contributed by atoms with van der Waals surface area (Å²) in [6.45, 7) is 0.473. The standard InChI is InChI=1S/C25H24N4O4S/c1-32-24-17(21-12-15-4-3-14(9-10-27-28-26)11-20(15)34-21)7-8-18-22(24)29(16-5-6-16)13-19(23(18)30)25(31)33-2/h7-8,11-13,16H,3-6,9-10H2,1-2H3. The van der Waals surface area contributed by atoms with Crippen LogP contribution in [-0.4, -0.2) is 31.3 Å². The number of aryl methyl sites for hydroxylation is 1. The van der Waals surface area contributed by atoms with Crippen LogP contribution in [-0.2, 0) is 11.2 Å². The van der Waals surface area contributed by atoms with E-state index in [4.69, 9.17) is 15.0 Å². The van der Waals surface area contributed by atoms with Gasteiger partial charge in [-0.25, -0.2) is 4.79 Å². The summed E-state index contributed by atoms with van der Waals surface area (Å²) >= 11 is 1.69. The summed E-state index contributed by atoms with van der Waals surface area (Å²) in [6, 6.07) is 6.13. The van der Waals surface area contributed by atoms with Gasteiger partial charge in [-0.3, -0.25) is 4.79 Å². The van der Waals surface area contributed by atoms with Crippen molar-refractivity contribution in [3.8, 4) is 16.2 Å². The van der Waals surface area contributed by atoms with Gasteiger partial charge in [-0.2, -0.15) is 0 Å². The lowest BCUT2D eigenvalue weighted by Crippen LogP contribution is -2.20. The maximum Gasteiger partial charge on any atom is 0.343 e. The molecule has 0 spiro atoms. The molecule has 2 heterocycles. The first-order valence-corrected chi connectivity index (χ1v) is 12.0. The van der Waals surface area contributed by atoms with Crippen LogP contribution in [0.2, 0.25) is 0 Å². The van der Waals surface area contributed by atoms with Crippen LogP contribution in [0.1, 0.15) is 52.5 Å². The SMILES string of the molecule is COC(=O)c1cn(C2CC2)c2c(OC)c(-c3cc4c(s3)C=C(CCN=[N+]=[N-])CC4)ccc2c1=O. The number of benzene rings is 1. The molecule has 3 aromatic rings. The van der Waals surface area contributed by atoms with Gasteiger partial charge in [0.2, 0.25) is 5.43 Å². The van der Waals surface area contributed by atoms with Crippen LogP contribution in [0.25, 0.3) is 37.9 Å². The highest BCUT2D eigenvalue weighted by molar-refractivity contribution is 7.16. The summed E-state index contributed by atoms with van der Waals surface area (Å²) in [5.74, 6) is 0.0161. The third-order valence-corrected chi connectivity index (χ3v) is 7.61. The van der Waals surface area contributed by atoms with Crippen molar-refractivity contribution in [2.24, 2.45) is 5.11 Å². The normalized spacial score (nSPS) is 14.8. The van der Waals surface area contributed by atoms with E-state index in [2.05, 4.69) is 22.2 Å². The van der Waals surface area contributed by atoms with Crippen molar-refractivity contribution in [3.05, 3.63) is 66.6 Å². The fourth-order valence-corrected chi connectivity index (χ4v) is 5.82. The number of esters is 1. The summed E-state index contributed by atoms with van der Waals surface area (Å²) in [6.07, 6.45) is 8.47. The molecule has 174 valence electrons. The van der Waals surface area contributed by atoms with Crippen molar-refractivity contribution in [2.45, 2.75) is 38.1 Å². The first-order chi connectivity index (χ1) is 16.5. The zero-order valence-corrected chi connectivity index (χ0v) is 19.9. The monoisotopic (exact) mass is 476 g/mol. The molecule has 9 heteroatoms. The van der Waals surface area contributed by atoms with E-state index < -0.39 is 5.97 Å². The lowest BCUT2D eigenvalue weighted by Gasteiger charge is -2.17. The molecule has 0 radical (unpaired) electrons. The molecule has 5 rings (SSSR count). The molecular formula is C25H24N4O4S. The Balaban J connectivity index is 1.64. The van der Waals surface area contributed by atoms with E-state index in [1.54, 1.807) is 30.7 Å². The molecule has 0 unspecified atom stereocenters. The van der Waals surface area contributed by atoms with Gasteiger partial charge in [0.15, 0.2) is 5.75 Å². The van der Waals surface area contributed by atoms with E-state index in [-0.39, 0.29) is 17.0 Å². The van der Waals surface area contributed by atoms with E-state index in [1.807, 2.05) is 10.6 Å². The number of methoxy groups -OCH3 is 2. The number of pyridine rings is 1. The molecule has 1 saturated carbocycles. The molecule has 2 aliphatic carbocycles. The number of nitrogens with zero attached hydrogens (tertiary/aromatic N) is 4. The smallest absolute Gasteiger partial charge is 0.343 e. The third kappa shape index (κ3) is 3.87. The molecule has 0 atom stereocenters. The highest BCUT2D eigenvalue weighted by Crippen LogP contribution is 2.45.